The Kier molecular flexibility index (Phi) is 8.71. The van der Waals surface area contributed by atoms with Gasteiger partial charge in [-0.1, -0.05) is 35.9 Å². The van der Waals surface area contributed by atoms with Crippen LogP contribution >= 0.6 is 46.9 Å². The van der Waals surface area contributed by atoms with E-state index in [9.17, 15) is 0 Å². The fourth-order valence-corrected chi connectivity index (χ4v) is 3.42. The molecule has 150 valence electrons. The number of aliphatic imine (C=N–C) groups is 1. The first kappa shape index (κ1) is 22.6. The van der Waals surface area contributed by atoms with Crippen LogP contribution in [0.1, 0.15) is 22.1 Å². The van der Waals surface area contributed by atoms with E-state index in [1.54, 1.807) is 11.3 Å². The first-order valence-electron chi connectivity index (χ1n) is 8.64. The Bertz CT molecular complexity index is 909. The van der Waals surface area contributed by atoms with Crippen LogP contribution in [0.3, 0.4) is 0 Å². The van der Waals surface area contributed by atoms with Gasteiger partial charge in [-0.15, -0.1) is 45.5 Å². The first-order chi connectivity index (χ1) is 13.0. The highest BCUT2D eigenvalue weighted by atomic mass is 127. The van der Waals surface area contributed by atoms with E-state index in [4.69, 9.17) is 16.6 Å². The van der Waals surface area contributed by atoms with E-state index in [1.165, 1.54) is 4.88 Å². The number of guanidine groups is 1. The monoisotopic (exact) mass is 530 g/mol. The molecule has 28 heavy (non-hydrogen) atoms. The van der Waals surface area contributed by atoms with Gasteiger partial charge in [0.25, 0.3) is 0 Å². The number of aryl methyl sites for hydroxylation is 1. The van der Waals surface area contributed by atoms with Crippen molar-refractivity contribution in [1.82, 2.24) is 25.0 Å². The summed E-state index contributed by atoms with van der Waals surface area (Å²) in [5, 5.41) is 14.6. The van der Waals surface area contributed by atoms with Crippen LogP contribution in [0.2, 0.25) is 5.02 Å². The van der Waals surface area contributed by atoms with Crippen molar-refractivity contribution in [3.05, 3.63) is 68.9 Å². The molecule has 1 N–H and O–H groups in total. The van der Waals surface area contributed by atoms with Gasteiger partial charge in [0, 0.05) is 30.5 Å². The summed E-state index contributed by atoms with van der Waals surface area (Å²) in [4.78, 5) is 8.08. The van der Waals surface area contributed by atoms with Crippen molar-refractivity contribution >= 4 is 52.9 Å². The van der Waals surface area contributed by atoms with Crippen LogP contribution in [0.4, 0.5) is 0 Å². The zero-order valence-corrected chi connectivity index (χ0v) is 20.0. The largest absolute Gasteiger partial charge is 0.351 e. The normalized spacial score (nSPS) is 11.2. The van der Waals surface area contributed by atoms with E-state index in [-0.39, 0.29) is 24.0 Å². The zero-order valence-electron chi connectivity index (χ0n) is 16.1. The van der Waals surface area contributed by atoms with Crippen molar-refractivity contribution in [2.45, 2.75) is 26.6 Å². The molecule has 0 saturated heterocycles. The van der Waals surface area contributed by atoms with Crippen molar-refractivity contribution in [3.8, 4) is 0 Å². The lowest BCUT2D eigenvalue weighted by atomic mass is 10.2. The van der Waals surface area contributed by atoms with Crippen LogP contribution < -0.4 is 5.32 Å². The lowest BCUT2D eigenvalue weighted by Crippen LogP contribution is -2.38. The minimum absolute atomic E-state index is 0. The Hall–Kier alpha value is -1.65. The van der Waals surface area contributed by atoms with E-state index in [1.807, 2.05) is 55.9 Å². The molecule has 9 heteroatoms. The van der Waals surface area contributed by atoms with Crippen LogP contribution in [0.25, 0.3) is 0 Å². The number of nitrogens with one attached hydrogen (secondary N) is 1. The maximum Gasteiger partial charge on any atom is 0.194 e. The number of hydrogen-bond acceptors (Lipinski definition) is 4. The highest BCUT2D eigenvalue weighted by Gasteiger charge is 2.11. The van der Waals surface area contributed by atoms with Crippen molar-refractivity contribution in [2.24, 2.45) is 12.0 Å². The number of aromatic nitrogens is 3. The molecule has 0 fully saturated rings. The minimum atomic E-state index is 0. The summed E-state index contributed by atoms with van der Waals surface area (Å²) in [5.41, 5.74) is 1.06. The molecule has 0 spiro atoms. The van der Waals surface area contributed by atoms with Gasteiger partial charge in [-0.3, -0.25) is 0 Å². The van der Waals surface area contributed by atoms with Gasteiger partial charge in [0.1, 0.15) is 12.4 Å². The summed E-state index contributed by atoms with van der Waals surface area (Å²) in [6.07, 6.45) is 0. The Balaban J connectivity index is 0.00000280. The molecule has 0 bridgehead atoms. The number of benzene rings is 1. The molecule has 0 unspecified atom stereocenters. The summed E-state index contributed by atoms with van der Waals surface area (Å²) in [5.74, 6) is 2.50. The van der Waals surface area contributed by atoms with Crippen molar-refractivity contribution in [2.75, 3.05) is 7.05 Å². The highest BCUT2D eigenvalue weighted by Crippen LogP contribution is 2.17. The lowest BCUT2D eigenvalue weighted by Gasteiger charge is -2.23. The maximum atomic E-state index is 6.32. The topological polar surface area (TPSA) is 58.3 Å². The average molecular weight is 531 g/mol. The summed E-state index contributed by atoms with van der Waals surface area (Å²) in [6.45, 7) is 3.77. The third-order valence-electron chi connectivity index (χ3n) is 4.28. The molecule has 6 nitrogen and oxygen atoms in total. The number of nitrogens with zero attached hydrogens (tertiary/aromatic N) is 5. The van der Waals surface area contributed by atoms with Gasteiger partial charge in [0.05, 0.1) is 6.54 Å². The molecule has 0 amide bonds. The second-order valence-corrected chi connectivity index (χ2v) is 7.68. The van der Waals surface area contributed by atoms with Crippen LogP contribution in [0.5, 0.6) is 0 Å². The molecule has 2 heterocycles. The maximum absolute atomic E-state index is 6.32. The Morgan fingerprint density at radius 3 is 2.68 bits per heavy atom. The predicted octanol–water partition coefficient (Wildman–Crippen LogP) is 4.23. The number of thiophene rings is 1. The summed E-state index contributed by atoms with van der Waals surface area (Å²) >= 11 is 8.04. The smallest absolute Gasteiger partial charge is 0.194 e. The SMILES string of the molecule is Cc1nnc(CN=C(NCc2cccs2)N(C)Cc2ccccc2Cl)n1C.I. The number of hydrogen-bond donors (Lipinski definition) is 1. The molecule has 3 rings (SSSR count). The first-order valence-corrected chi connectivity index (χ1v) is 9.90. The molecule has 0 aliphatic heterocycles. The predicted molar refractivity (Wildman–Crippen MR) is 126 cm³/mol. The second-order valence-electron chi connectivity index (χ2n) is 6.24. The van der Waals surface area contributed by atoms with Gasteiger partial charge >= 0.3 is 0 Å². The quantitative estimate of drug-likeness (QED) is 0.294. The summed E-state index contributed by atoms with van der Waals surface area (Å²) in [6, 6.07) is 12.0. The number of rotatable bonds is 6. The molecule has 0 aliphatic carbocycles. The fourth-order valence-electron chi connectivity index (χ4n) is 2.58. The molecule has 0 aliphatic rings. The zero-order chi connectivity index (χ0) is 19.2. The molecule has 2 aromatic heterocycles. The Labute approximate surface area is 191 Å². The van der Waals surface area contributed by atoms with Gasteiger partial charge in [-0.05, 0) is 30.0 Å². The minimum Gasteiger partial charge on any atom is -0.351 e. The number of halogens is 2. The summed E-state index contributed by atoms with van der Waals surface area (Å²) in [7, 11) is 3.96. The van der Waals surface area contributed by atoms with E-state index < -0.39 is 0 Å². The van der Waals surface area contributed by atoms with E-state index in [0.717, 1.165) is 34.7 Å². The van der Waals surface area contributed by atoms with E-state index >= 15 is 0 Å². The molecule has 3 aromatic rings. The van der Waals surface area contributed by atoms with Crippen molar-refractivity contribution in [3.63, 3.8) is 0 Å². The van der Waals surface area contributed by atoms with Crippen LogP contribution in [0.15, 0.2) is 46.8 Å². The lowest BCUT2D eigenvalue weighted by molar-refractivity contribution is 0.474. The van der Waals surface area contributed by atoms with E-state index in [2.05, 4.69) is 31.9 Å². The van der Waals surface area contributed by atoms with Gasteiger partial charge in [-0.25, -0.2) is 4.99 Å². The van der Waals surface area contributed by atoms with Gasteiger partial charge in [0.15, 0.2) is 11.8 Å². The van der Waals surface area contributed by atoms with Gasteiger partial charge < -0.3 is 14.8 Å². The molecule has 0 atom stereocenters. The third kappa shape index (κ3) is 5.92. The standard InChI is InChI=1S/C19H23ClN6S.HI/c1-14-23-24-18(26(14)3)12-22-19(21-11-16-8-6-10-27-16)25(2)13-15-7-4-5-9-17(15)20;/h4-10H,11-13H2,1-3H3,(H,21,22);1H. The van der Waals surface area contributed by atoms with Gasteiger partial charge in [-0.2, -0.15) is 0 Å². The molecule has 0 saturated carbocycles. The molecule has 0 radical (unpaired) electrons. The molecule has 1 aromatic carbocycles. The second kappa shape index (κ2) is 10.8. The Morgan fingerprint density at radius 2 is 2.04 bits per heavy atom. The fraction of sp³-hybridized carbons (Fsp3) is 0.316. The molecular formula is C19H24ClIN6S. The van der Waals surface area contributed by atoms with Gasteiger partial charge in [0.2, 0.25) is 0 Å². The van der Waals surface area contributed by atoms with Crippen LogP contribution in [0, 0.1) is 6.92 Å². The van der Waals surface area contributed by atoms with Crippen LogP contribution in [-0.4, -0.2) is 32.7 Å². The van der Waals surface area contributed by atoms with E-state index in [0.29, 0.717) is 13.1 Å². The van der Waals surface area contributed by atoms with Crippen molar-refractivity contribution < 1.29 is 0 Å². The Morgan fingerprint density at radius 1 is 1.25 bits per heavy atom. The summed E-state index contributed by atoms with van der Waals surface area (Å²) < 4.78 is 1.95. The third-order valence-corrected chi connectivity index (χ3v) is 5.53. The average Bonchev–Trinajstić information content (AvgIpc) is 3.28. The highest BCUT2D eigenvalue weighted by molar-refractivity contribution is 14.0. The molecular weight excluding hydrogens is 507 g/mol. The van der Waals surface area contributed by atoms with Crippen molar-refractivity contribution in [1.29, 1.82) is 0 Å². The van der Waals surface area contributed by atoms with Crippen LogP contribution in [-0.2, 0) is 26.7 Å².